The van der Waals surface area contributed by atoms with Crippen LogP contribution in [0.4, 0.5) is 4.39 Å². The van der Waals surface area contributed by atoms with Gasteiger partial charge in [0.2, 0.25) is 0 Å². The maximum absolute atomic E-state index is 14.3. The number of hydrogen-bond acceptors (Lipinski definition) is 4. The van der Waals surface area contributed by atoms with E-state index in [9.17, 15) is 14.3 Å². The van der Waals surface area contributed by atoms with Crippen LogP contribution in [0, 0.1) is 17.8 Å². The maximum atomic E-state index is 14.3. The van der Waals surface area contributed by atoms with Gasteiger partial charge in [-0.2, -0.15) is 0 Å². The molecule has 32 heavy (non-hydrogen) atoms. The van der Waals surface area contributed by atoms with Crippen molar-refractivity contribution in [3.8, 4) is 0 Å². The zero-order valence-corrected chi connectivity index (χ0v) is 19.7. The predicted molar refractivity (Wildman–Crippen MR) is 122 cm³/mol. The quantitative estimate of drug-likeness (QED) is 0.272. The molecule has 184 valence electrons. The predicted octanol–water partition coefficient (Wildman–Crippen LogP) is 5.80. The lowest BCUT2D eigenvalue weighted by molar-refractivity contribution is -0.196. The van der Waals surface area contributed by atoms with Crippen LogP contribution in [0.25, 0.3) is 0 Å². The van der Waals surface area contributed by atoms with Gasteiger partial charge in [-0.15, -0.1) is 0 Å². The SMILES string of the molecule is CCCCC(F)C(O)CC[C@@H]1[C@H]2C/C(=C/CCCC(=O)O)C[C@H]2C[C@H]1OC1CCCCO1. The largest absolute Gasteiger partial charge is 0.481 e. The van der Waals surface area contributed by atoms with E-state index < -0.39 is 18.2 Å². The van der Waals surface area contributed by atoms with Gasteiger partial charge in [-0.25, -0.2) is 4.39 Å². The summed E-state index contributed by atoms with van der Waals surface area (Å²) in [6, 6.07) is 0. The number of alkyl halides is 1. The highest BCUT2D eigenvalue weighted by molar-refractivity contribution is 5.66. The van der Waals surface area contributed by atoms with Crippen LogP contribution in [0.1, 0.15) is 96.8 Å². The summed E-state index contributed by atoms with van der Waals surface area (Å²) in [5, 5.41) is 19.2. The molecule has 0 aromatic heterocycles. The topological polar surface area (TPSA) is 76.0 Å². The first kappa shape index (κ1) is 25.6. The van der Waals surface area contributed by atoms with E-state index in [1.165, 1.54) is 5.57 Å². The van der Waals surface area contributed by atoms with Gasteiger partial charge >= 0.3 is 5.97 Å². The van der Waals surface area contributed by atoms with E-state index in [0.29, 0.717) is 37.0 Å². The van der Waals surface area contributed by atoms with Crippen LogP contribution in [-0.4, -0.2) is 47.5 Å². The van der Waals surface area contributed by atoms with E-state index in [1.54, 1.807) is 0 Å². The van der Waals surface area contributed by atoms with Gasteiger partial charge in [-0.05, 0) is 88.4 Å². The minimum atomic E-state index is -1.14. The van der Waals surface area contributed by atoms with Crippen molar-refractivity contribution in [3.63, 3.8) is 0 Å². The first-order chi connectivity index (χ1) is 15.5. The zero-order chi connectivity index (χ0) is 22.9. The highest BCUT2D eigenvalue weighted by Gasteiger charge is 2.48. The number of carboxylic acids is 1. The smallest absolute Gasteiger partial charge is 0.303 e. The summed E-state index contributed by atoms with van der Waals surface area (Å²) in [6.45, 7) is 2.80. The molecule has 1 heterocycles. The Hall–Kier alpha value is -0.980. The first-order valence-corrected chi connectivity index (χ1v) is 13.0. The van der Waals surface area contributed by atoms with Crippen molar-refractivity contribution in [1.29, 1.82) is 0 Å². The fourth-order valence-corrected chi connectivity index (χ4v) is 5.98. The van der Waals surface area contributed by atoms with E-state index in [1.807, 2.05) is 6.92 Å². The van der Waals surface area contributed by atoms with Gasteiger partial charge in [0.15, 0.2) is 6.29 Å². The standard InChI is InChI=1S/C26H43FO5/c1-2-3-9-22(27)23(28)13-12-20-21-16-18(8-4-5-10-25(29)30)15-19(21)17-24(20)32-26-11-6-7-14-31-26/h8,19-24,26,28H,2-7,9-17H2,1H3,(H,29,30)/b18-8+/t19-,20+,21-,22?,23?,24+,26?/m0/s1. The van der Waals surface area contributed by atoms with Crippen molar-refractivity contribution in [2.75, 3.05) is 6.61 Å². The van der Waals surface area contributed by atoms with Gasteiger partial charge in [0.25, 0.3) is 0 Å². The second-order valence-corrected chi connectivity index (χ2v) is 10.2. The Labute approximate surface area is 192 Å². The molecule has 0 spiro atoms. The van der Waals surface area contributed by atoms with Crippen LogP contribution in [0.5, 0.6) is 0 Å². The van der Waals surface area contributed by atoms with Crippen molar-refractivity contribution >= 4 is 5.97 Å². The number of aliphatic carboxylic acids is 1. The maximum Gasteiger partial charge on any atom is 0.303 e. The second kappa shape index (κ2) is 13.0. The van der Waals surface area contributed by atoms with Gasteiger partial charge in [-0.1, -0.05) is 31.4 Å². The normalized spacial score (nSPS) is 33.3. The van der Waals surface area contributed by atoms with Crippen LogP contribution in [0.2, 0.25) is 0 Å². The number of carbonyl (C=O) groups is 1. The number of allylic oxidation sites excluding steroid dienone is 2. The van der Waals surface area contributed by atoms with Crippen LogP contribution in [-0.2, 0) is 14.3 Å². The third kappa shape index (κ3) is 7.53. The summed E-state index contributed by atoms with van der Waals surface area (Å²) >= 11 is 0. The monoisotopic (exact) mass is 454 g/mol. The minimum Gasteiger partial charge on any atom is -0.481 e. The minimum absolute atomic E-state index is 0.121. The van der Waals surface area contributed by atoms with Crippen LogP contribution >= 0.6 is 0 Å². The molecule has 0 aromatic rings. The molecule has 1 saturated heterocycles. The molecule has 1 aliphatic heterocycles. The lowest BCUT2D eigenvalue weighted by Crippen LogP contribution is -2.32. The Balaban J connectivity index is 1.57. The Morgan fingerprint density at radius 1 is 1.28 bits per heavy atom. The second-order valence-electron chi connectivity index (χ2n) is 10.2. The van der Waals surface area contributed by atoms with Gasteiger partial charge in [-0.3, -0.25) is 4.79 Å². The average Bonchev–Trinajstić information content (AvgIpc) is 3.31. The number of fused-ring (bicyclic) bond motifs is 1. The van der Waals surface area contributed by atoms with Crippen LogP contribution in [0.3, 0.4) is 0 Å². The number of aliphatic hydroxyl groups is 1. The Morgan fingerprint density at radius 3 is 2.84 bits per heavy atom. The molecule has 3 unspecified atom stereocenters. The van der Waals surface area contributed by atoms with Crippen molar-refractivity contribution < 1.29 is 28.9 Å². The molecule has 5 nitrogen and oxygen atoms in total. The molecule has 3 fully saturated rings. The fraction of sp³-hybridized carbons (Fsp3) is 0.885. The molecule has 0 radical (unpaired) electrons. The fourth-order valence-electron chi connectivity index (χ4n) is 5.98. The first-order valence-electron chi connectivity index (χ1n) is 13.0. The number of ether oxygens (including phenoxy) is 2. The highest BCUT2D eigenvalue weighted by Crippen LogP contribution is 2.53. The molecule has 0 amide bonds. The number of aliphatic hydroxyl groups excluding tert-OH is 1. The number of hydrogen-bond donors (Lipinski definition) is 2. The summed E-state index contributed by atoms with van der Waals surface area (Å²) < 4.78 is 26.6. The molecule has 0 bridgehead atoms. The van der Waals surface area contributed by atoms with Gasteiger partial charge in [0.1, 0.15) is 6.17 Å². The van der Waals surface area contributed by atoms with Gasteiger partial charge < -0.3 is 19.7 Å². The van der Waals surface area contributed by atoms with Gasteiger partial charge in [0, 0.05) is 13.0 Å². The van der Waals surface area contributed by atoms with Crippen LogP contribution in [0.15, 0.2) is 11.6 Å². The summed E-state index contributed by atoms with van der Waals surface area (Å²) in [6.07, 6.45) is 11.7. The average molecular weight is 455 g/mol. The summed E-state index contributed by atoms with van der Waals surface area (Å²) in [5.41, 5.74) is 1.44. The molecular formula is C26H43FO5. The van der Waals surface area contributed by atoms with E-state index in [2.05, 4.69) is 6.08 Å². The number of rotatable bonds is 13. The number of unbranched alkanes of at least 4 members (excludes halogenated alkanes) is 2. The molecule has 3 rings (SSSR count). The zero-order valence-electron chi connectivity index (χ0n) is 19.7. The lowest BCUT2D eigenvalue weighted by atomic mass is 9.86. The molecule has 3 aliphatic rings. The third-order valence-electron chi connectivity index (χ3n) is 7.73. The molecule has 2 aliphatic carbocycles. The molecule has 2 saturated carbocycles. The number of carboxylic acid groups (broad SMARTS) is 1. The third-order valence-corrected chi connectivity index (χ3v) is 7.73. The van der Waals surface area contributed by atoms with Crippen molar-refractivity contribution in [2.45, 2.75) is 121 Å². The van der Waals surface area contributed by atoms with Crippen molar-refractivity contribution in [2.24, 2.45) is 17.8 Å². The molecule has 0 aromatic carbocycles. The van der Waals surface area contributed by atoms with Crippen molar-refractivity contribution in [3.05, 3.63) is 11.6 Å². The Kier molecular flexibility index (Phi) is 10.5. The van der Waals surface area contributed by atoms with Gasteiger partial charge in [0.05, 0.1) is 12.2 Å². The molecule has 6 heteroatoms. The van der Waals surface area contributed by atoms with Crippen molar-refractivity contribution in [1.82, 2.24) is 0 Å². The summed E-state index contributed by atoms with van der Waals surface area (Å²) in [5.74, 6) is 0.664. The lowest BCUT2D eigenvalue weighted by Gasteiger charge is -2.31. The molecule has 7 atom stereocenters. The van der Waals surface area contributed by atoms with E-state index in [0.717, 1.165) is 70.8 Å². The Bertz CT molecular complexity index is 603. The van der Waals surface area contributed by atoms with E-state index >= 15 is 0 Å². The van der Waals surface area contributed by atoms with E-state index in [-0.39, 0.29) is 18.8 Å². The molecular weight excluding hydrogens is 411 g/mol. The summed E-state index contributed by atoms with van der Waals surface area (Å²) in [7, 11) is 0. The molecule has 2 N–H and O–H groups in total. The van der Waals surface area contributed by atoms with Crippen LogP contribution < -0.4 is 0 Å². The summed E-state index contributed by atoms with van der Waals surface area (Å²) in [4.78, 5) is 10.7. The Morgan fingerprint density at radius 2 is 2.12 bits per heavy atom. The number of halogens is 1. The van der Waals surface area contributed by atoms with E-state index in [4.69, 9.17) is 14.6 Å². The highest BCUT2D eigenvalue weighted by atomic mass is 19.1.